The lowest BCUT2D eigenvalue weighted by Crippen LogP contribution is -2.29. The molecule has 0 aromatic carbocycles. The van der Waals surface area contributed by atoms with E-state index in [1.54, 1.807) is 25.4 Å². The molecule has 0 saturated heterocycles. The van der Waals surface area contributed by atoms with Crippen LogP contribution in [0.4, 0.5) is 5.82 Å². The standard InChI is InChI=1S/C12H17N3O/c1-12(2)7-9(12)15-11(16)8-5-4-6-14-10(8)13-3/h4-6,9H,7H2,1-3H3,(H,13,14)(H,15,16). The molecule has 1 aromatic rings. The van der Waals surface area contributed by atoms with Gasteiger partial charge in [0.15, 0.2) is 0 Å². The highest BCUT2D eigenvalue weighted by atomic mass is 16.1. The van der Waals surface area contributed by atoms with Crippen molar-refractivity contribution in [3.8, 4) is 0 Å². The first-order valence-corrected chi connectivity index (χ1v) is 5.48. The minimum absolute atomic E-state index is 0.0481. The molecule has 1 atom stereocenters. The Morgan fingerprint density at radius 3 is 2.81 bits per heavy atom. The Bertz CT molecular complexity index is 414. The summed E-state index contributed by atoms with van der Waals surface area (Å²) in [7, 11) is 1.76. The van der Waals surface area contributed by atoms with E-state index in [1.165, 1.54) is 0 Å². The predicted molar refractivity (Wildman–Crippen MR) is 63.4 cm³/mol. The smallest absolute Gasteiger partial charge is 0.255 e. The van der Waals surface area contributed by atoms with Gasteiger partial charge in [-0.1, -0.05) is 13.8 Å². The normalized spacial score (nSPS) is 21.3. The molecule has 1 fully saturated rings. The number of pyridine rings is 1. The van der Waals surface area contributed by atoms with Gasteiger partial charge >= 0.3 is 0 Å². The molecule has 1 aliphatic carbocycles. The second kappa shape index (κ2) is 3.77. The predicted octanol–water partition coefficient (Wildman–Crippen LogP) is 1.65. The van der Waals surface area contributed by atoms with E-state index >= 15 is 0 Å². The van der Waals surface area contributed by atoms with Crippen molar-refractivity contribution in [3.05, 3.63) is 23.9 Å². The van der Waals surface area contributed by atoms with Crippen molar-refractivity contribution in [2.45, 2.75) is 26.3 Å². The molecule has 4 nitrogen and oxygen atoms in total. The van der Waals surface area contributed by atoms with Gasteiger partial charge in [-0.25, -0.2) is 4.98 Å². The summed E-state index contributed by atoms with van der Waals surface area (Å²) in [6.45, 7) is 4.31. The number of nitrogens with zero attached hydrogens (tertiary/aromatic N) is 1. The summed E-state index contributed by atoms with van der Waals surface area (Å²) >= 11 is 0. The van der Waals surface area contributed by atoms with Crippen molar-refractivity contribution in [1.29, 1.82) is 0 Å². The fraction of sp³-hybridized carbons (Fsp3) is 0.500. The average Bonchev–Trinajstić information content (AvgIpc) is 2.85. The highest BCUT2D eigenvalue weighted by Crippen LogP contribution is 2.44. The van der Waals surface area contributed by atoms with Gasteiger partial charge in [-0.2, -0.15) is 0 Å². The number of aromatic nitrogens is 1. The molecule has 4 heteroatoms. The van der Waals surface area contributed by atoms with Crippen LogP contribution in [0.3, 0.4) is 0 Å². The molecule has 0 radical (unpaired) electrons. The summed E-state index contributed by atoms with van der Waals surface area (Å²) in [4.78, 5) is 16.1. The summed E-state index contributed by atoms with van der Waals surface area (Å²) in [5.74, 6) is 0.575. The topological polar surface area (TPSA) is 54.0 Å². The largest absolute Gasteiger partial charge is 0.372 e. The Hall–Kier alpha value is -1.58. The molecule has 2 rings (SSSR count). The first-order valence-electron chi connectivity index (χ1n) is 5.48. The summed E-state index contributed by atoms with van der Waals surface area (Å²) < 4.78 is 0. The maximum Gasteiger partial charge on any atom is 0.255 e. The monoisotopic (exact) mass is 219 g/mol. The van der Waals surface area contributed by atoms with Crippen LogP contribution < -0.4 is 10.6 Å². The zero-order valence-electron chi connectivity index (χ0n) is 9.87. The van der Waals surface area contributed by atoms with Gasteiger partial charge in [0.2, 0.25) is 0 Å². The molecule has 1 saturated carbocycles. The Labute approximate surface area is 95.5 Å². The van der Waals surface area contributed by atoms with Crippen molar-refractivity contribution in [2.24, 2.45) is 5.41 Å². The Morgan fingerprint density at radius 2 is 2.25 bits per heavy atom. The lowest BCUT2D eigenvalue weighted by atomic mass is 10.2. The van der Waals surface area contributed by atoms with E-state index < -0.39 is 0 Å². The lowest BCUT2D eigenvalue weighted by Gasteiger charge is -2.09. The van der Waals surface area contributed by atoms with Crippen molar-refractivity contribution in [3.63, 3.8) is 0 Å². The number of rotatable bonds is 3. The molecule has 1 aliphatic rings. The summed E-state index contributed by atoms with van der Waals surface area (Å²) in [5, 5.41) is 5.94. The van der Waals surface area contributed by atoms with Crippen molar-refractivity contribution in [1.82, 2.24) is 10.3 Å². The number of carbonyl (C=O) groups excluding carboxylic acids is 1. The number of amides is 1. The Balaban J connectivity index is 2.09. The minimum Gasteiger partial charge on any atom is -0.372 e. The van der Waals surface area contributed by atoms with Crippen LogP contribution in [-0.4, -0.2) is 24.0 Å². The van der Waals surface area contributed by atoms with E-state index in [0.717, 1.165) is 6.42 Å². The molecule has 1 amide bonds. The number of carbonyl (C=O) groups is 1. The van der Waals surface area contributed by atoms with Gasteiger partial charge in [0.1, 0.15) is 5.82 Å². The lowest BCUT2D eigenvalue weighted by molar-refractivity contribution is 0.0947. The number of hydrogen-bond acceptors (Lipinski definition) is 3. The van der Waals surface area contributed by atoms with Crippen LogP contribution in [-0.2, 0) is 0 Å². The van der Waals surface area contributed by atoms with Crippen LogP contribution in [0.2, 0.25) is 0 Å². The van der Waals surface area contributed by atoms with Crippen molar-refractivity contribution in [2.75, 3.05) is 12.4 Å². The molecule has 1 unspecified atom stereocenters. The van der Waals surface area contributed by atoms with Gasteiger partial charge in [-0.15, -0.1) is 0 Å². The van der Waals surface area contributed by atoms with Crippen LogP contribution in [0.15, 0.2) is 18.3 Å². The maximum atomic E-state index is 12.0. The Kier molecular flexibility index (Phi) is 2.58. The average molecular weight is 219 g/mol. The molecule has 86 valence electrons. The SMILES string of the molecule is CNc1ncccc1C(=O)NC1CC1(C)C. The summed E-state index contributed by atoms with van der Waals surface area (Å²) in [6, 6.07) is 3.85. The van der Waals surface area contributed by atoms with E-state index in [-0.39, 0.29) is 11.3 Å². The molecule has 0 aliphatic heterocycles. The van der Waals surface area contributed by atoms with E-state index in [1.807, 2.05) is 0 Å². The van der Waals surface area contributed by atoms with E-state index in [0.29, 0.717) is 17.4 Å². The molecule has 2 N–H and O–H groups in total. The van der Waals surface area contributed by atoms with Crippen LogP contribution in [0.1, 0.15) is 30.6 Å². The highest BCUT2D eigenvalue weighted by molar-refractivity contribution is 5.99. The maximum absolute atomic E-state index is 12.0. The first kappa shape index (κ1) is 10.9. The van der Waals surface area contributed by atoms with E-state index in [9.17, 15) is 4.79 Å². The molecule has 16 heavy (non-hydrogen) atoms. The van der Waals surface area contributed by atoms with Gasteiger partial charge < -0.3 is 10.6 Å². The molecular formula is C12H17N3O. The van der Waals surface area contributed by atoms with Gasteiger partial charge in [0, 0.05) is 19.3 Å². The third kappa shape index (κ3) is 2.01. The first-order chi connectivity index (χ1) is 7.54. The molecule has 1 aromatic heterocycles. The van der Waals surface area contributed by atoms with Crippen LogP contribution in [0.25, 0.3) is 0 Å². The quantitative estimate of drug-likeness (QED) is 0.812. The van der Waals surface area contributed by atoms with Crippen LogP contribution in [0.5, 0.6) is 0 Å². The van der Waals surface area contributed by atoms with Gasteiger partial charge in [-0.05, 0) is 24.0 Å². The fourth-order valence-corrected chi connectivity index (χ4v) is 1.74. The fourth-order valence-electron chi connectivity index (χ4n) is 1.74. The number of nitrogens with one attached hydrogen (secondary N) is 2. The third-order valence-corrected chi connectivity index (χ3v) is 3.11. The summed E-state index contributed by atoms with van der Waals surface area (Å²) in [6.07, 6.45) is 2.72. The van der Waals surface area contributed by atoms with Gasteiger partial charge in [-0.3, -0.25) is 4.79 Å². The van der Waals surface area contributed by atoms with Gasteiger partial charge in [0.25, 0.3) is 5.91 Å². The zero-order valence-corrected chi connectivity index (χ0v) is 9.87. The molecular weight excluding hydrogens is 202 g/mol. The molecule has 1 heterocycles. The van der Waals surface area contributed by atoms with Crippen molar-refractivity contribution >= 4 is 11.7 Å². The van der Waals surface area contributed by atoms with E-state index in [4.69, 9.17) is 0 Å². The minimum atomic E-state index is -0.0481. The molecule has 0 spiro atoms. The molecule has 0 bridgehead atoms. The number of anilines is 1. The number of hydrogen-bond donors (Lipinski definition) is 2. The summed E-state index contributed by atoms with van der Waals surface area (Å²) in [5.41, 5.74) is 0.852. The van der Waals surface area contributed by atoms with Crippen molar-refractivity contribution < 1.29 is 4.79 Å². The highest BCUT2D eigenvalue weighted by Gasteiger charge is 2.46. The van der Waals surface area contributed by atoms with E-state index in [2.05, 4.69) is 29.5 Å². The van der Waals surface area contributed by atoms with Gasteiger partial charge in [0.05, 0.1) is 5.56 Å². The second-order valence-corrected chi connectivity index (χ2v) is 4.87. The van der Waals surface area contributed by atoms with Crippen LogP contribution >= 0.6 is 0 Å². The third-order valence-electron chi connectivity index (χ3n) is 3.11. The second-order valence-electron chi connectivity index (χ2n) is 4.87. The Morgan fingerprint density at radius 1 is 1.56 bits per heavy atom. The zero-order chi connectivity index (χ0) is 11.8. The van der Waals surface area contributed by atoms with Crippen LogP contribution in [0, 0.1) is 5.41 Å².